The third-order valence-corrected chi connectivity index (χ3v) is 3.38. The molecule has 0 aliphatic carbocycles. The Morgan fingerprint density at radius 1 is 1.29 bits per heavy atom. The van der Waals surface area contributed by atoms with Gasteiger partial charge in [-0.25, -0.2) is 0 Å². The van der Waals surface area contributed by atoms with Gasteiger partial charge in [0.2, 0.25) is 0 Å². The molecule has 2 aromatic carbocycles. The number of nitrogen functional groups attached to an aromatic ring is 1. The van der Waals surface area contributed by atoms with Gasteiger partial charge in [0.05, 0.1) is 23.2 Å². The molecule has 1 atom stereocenters. The maximum absolute atomic E-state index is 12.2. The highest BCUT2D eigenvalue weighted by Crippen LogP contribution is 2.20. The molecule has 0 radical (unpaired) electrons. The first-order valence-corrected chi connectivity index (χ1v) is 6.75. The number of nitriles is 1. The minimum Gasteiger partial charge on any atom is -0.398 e. The van der Waals surface area contributed by atoms with E-state index in [0.717, 1.165) is 5.56 Å². The van der Waals surface area contributed by atoms with Gasteiger partial charge in [-0.1, -0.05) is 23.7 Å². The Morgan fingerprint density at radius 2 is 1.95 bits per heavy atom. The Labute approximate surface area is 128 Å². The standard InChI is InChI=1S/C16H14ClN3O/c1-10(12-4-2-11(9-18)3-5-12)20-16(21)14-8-13(17)6-7-15(14)19/h2-8,10H,19H2,1H3,(H,20,21). The van der Waals surface area contributed by atoms with Crippen LogP contribution in [0, 0.1) is 11.3 Å². The van der Waals surface area contributed by atoms with Crippen molar-refractivity contribution < 1.29 is 4.79 Å². The lowest BCUT2D eigenvalue weighted by molar-refractivity contribution is 0.0941. The van der Waals surface area contributed by atoms with Crippen LogP contribution >= 0.6 is 11.6 Å². The van der Waals surface area contributed by atoms with Gasteiger partial charge in [0.1, 0.15) is 0 Å². The van der Waals surface area contributed by atoms with Gasteiger partial charge in [0.15, 0.2) is 0 Å². The van der Waals surface area contributed by atoms with Crippen molar-refractivity contribution >= 4 is 23.2 Å². The molecule has 106 valence electrons. The van der Waals surface area contributed by atoms with Crippen molar-refractivity contribution in [2.75, 3.05) is 5.73 Å². The van der Waals surface area contributed by atoms with Crippen LogP contribution in [0.3, 0.4) is 0 Å². The molecular formula is C16H14ClN3O. The van der Waals surface area contributed by atoms with Crippen molar-refractivity contribution in [1.82, 2.24) is 5.32 Å². The fraction of sp³-hybridized carbons (Fsp3) is 0.125. The van der Waals surface area contributed by atoms with Crippen molar-refractivity contribution in [1.29, 1.82) is 5.26 Å². The van der Waals surface area contributed by atoms with Crippen LogP contribution in [-0.4, -0.2) is 5.91 Å². The van der Waals surface area contributed by atoms with Crippen LogP contribution in [0.2, 0.25) is 5.02 Å². The number of nitrogens with two attached hydrogens (primary N) is 1. The number of benzene rings is 2. The first-order chi connectivity index (χ1) is 10.0. The smallest absolute Gasteiger partial charge is 0.253 e. The first-order valence-electron chi connectivity index (χ1n) is 6.37. The van der Waals surface area contributed by atoms with Gasteiger partial charge in [-0.2, -0.15) is 5.26 Å². The van der Waals surface area contributed by atoms with Gasteiger partial charge in [-0.15, -0.1) is 0 Å². The van der Waals surface area contributed by atoms with Gasteiger partial charge >= 0.3 is 0 Å². The predicted molar refractivity (Wildman–Crippen MR) is 82.9 cm³/mol. The summed E-state index contributed by atoms with van der Waals surface area (Å²) in [5, 5.41) is 12.1. The molecular weight excluding hydrogens is 286 g/mol. The monoisotopic (exact) mass is 299 g/mol. The number of halogens is 1. The van der Waals surface area contributed by atoms with Crippen LogP contribution in [-0.2, 0) is 0 Å². The van der Waals surface area contributed by atoms with Crippen LogP contribution in [0.5, 0.6) is 0 Å². The molecule has 21 heavy (non-hydrogen) atoms. The fourth-order valence-corrected chi connectivity index (χ4v) is 2.10. The number of hydrogen-bond donors (Lipinski definition) is 2. The summed E-state index contributed by atoms with van der Waals surface area (Å²) in [6.45, 7) is 1.86. The van der Waals surface area contributed by atoms with Crippen LogP contribution in [0.25, 0.3) is 0 Å². The molecule has 2 aromatic rings. The molecule has 0 heterocycles. The summed E-state index contributed by atoms with van der Waals surface area (Å²) in [7, 11) is 0. The summed E-state index contributed by atoms with van der Waals surface area (Å²) >= 11 is 5.88. The van der Waals surface area contributed by atoms with Gasteiger partial charge < -0.3 is 11.1 Å². The third-order valence-electron chi connectivity index (χ3n) is 3.15. The van der Waals surface area contributed by atoms with Gasteiger partial charge in [0, 0.05) is 10.7 Å². The van der Waals surface area contributed by atoms with E-state index in [1.807, 2.05) is 19.1 Å². The highest BCUT2D eigenvalue weighted by Gasteiger charge is 2.14. The lowest BCUT2D eigenvalue weighted by atomic mass is 10.1. The molecule has 0 bridgehead atoms. The summed E-state index contributed by atoms with van der Waals surface area (Å²) < 4.78 is 0. The minimum absolute atomic E-state index is 0.205. The van der Waals surface area contributed by atoms with E-state index in [0.29, 0.717) is 21.8 Å². The Morgan fingerprint density at radius 3 is 2.57 bits per heavy atom. The molecule has 0 spiro atoms. The van der Waals surface area contributed by atoms with Crippen LogP contribution in [0.15, 0.2) is 42.5 Å². The van der Waals surface area contributed by atoms with Gasteiger partial charge in [-0.05, 0) is 42.8 Å². The van der Waals surface area contributed by atoms with E-state index in [1.54, 1.807) is 24.3 Å². The lowest BCUT2D eigenvalue weighted by Crippen LogP contribution is -2.27. The van der Waals surface area contributed by atoms with Gasteiger partial charge in [-0.3, -0.25) is 4.79 Å². The van der Waals surface area contributed by atoms with Crippen molar-refractivity contribution in [2.24, 2.45) is 0 Å². The average Bonchev–Trinajstić information content (AvgIpc) is 2.49. The van der Waals surface area contributed by atoms with Crippen molar-refractivity contribution in [3.63, 3.8) is 0 Å². The molecule has 0 saturated heterocycles. The molecule has 0 fully saturated rings. The number of hydrogen-bond acceptors (Lipinski definition) is 3. The third kappa shape index (κ3) is 3.53. The topological polar surface area (TPSA) is 78.9 Å². The zero-order valence-corrected chi connectivity index (χ0v) is 12.2. The maximum Gasteiger partial charge on any atom is 0.253 e. The number of carbonyl (C=O) groups is 1. The van der Waals surface area contributed by atoms with E-state index < -0.39 is 0 Å². The number of nitrogens with zero attached hydrogens (tertiary/aromatic N) is 1. The van der Waals surface area contributed by atoms with E-state index in [2.05, 4.69) is 11.4 Å². The number of rotatable bonds is 3. The number of carbonyl (C=O) groups excluding carboxylic acids is 1. The summed E-state index contributed by atoms with van der Waals surface area (Å²) in [5.41, 5.74) is 8.00. The second-order valence-electron chi connectivity index (χ2n) is 4.66. The van der Waals surface area contributed by atoms with Crippen LogP contribution in [0.1, 0.15) is 34.5 Å². The summed E-state index contributed by atoms with van der Waals surface area (Å²) in [6, 6.07) is 13.7. The molecule has 1 unspecified atom stereocenters. The van der Waals surface area contributed by atoms with E-state index in [1.165, 1.54) is 6.07 Å². The SMILES string of the molecule is CC(NC(=O)c1cc(Cl)ccc1N)c1ccc(C#N)cc1. The van der Waals surface area contributed by atoms with E-state index in [4.69, 9.17) is 22.6 Å². The van der Waals surface area contributed by atoms with Crippen LogP contribution in [0.4, 0.5) is 5.69 Å². The molecule has 0 aromatic heterocycles. The predicted octanol–water partition coefficient (Wildman–Crippen LogP) is 3.28. The lowest BCUT2D eigenvalue weighted by Gasteiger charge is -2.15. The zero-order valence-electron chi connectivity index (χ0n) is 11.4. The summed E-state index contributed by atoms with van der Waals surface area (Å²) in [6.07, 6.45) is 0. The minimum atomic E-state index is -0.285. The Balaban J connectivity index is 2.14. The molecule has 3 N–H and O–H groups in total. The average molecular weight is 300 g/mol. The highest BCUT2D eigenvalue weighted by molar-refractivity contribution is 6.31. The molecule has 2 rings (SSSR count). The van der Waals surface area contributed by atoms with Crippen LogP contribution < -0.4 is 11.1 Å². The molecule has 5 heteroatoms. The normalized spacial score (nSPS) is 11.5. The van der Waals surface area contributed by atoms with Crippen molar-refractivity contribution in [2.45, 2.75) is 13.0 Å². The molecule has 1 amide bonds. The van der Waals surface area contributed by atoms with E-state index >= 15 is 0 Å². The molecule has 0 aliphatic heterocycles. The first kappa shape index (κ1) is 14.9. The Kier molecular flexibility index (Phi) is 4.46. The largest absolute Gasteiger partial charge is 0.398 e. The van der Waals surface area contributed by atoms with E-state index in [-0.39, 0.29) is 11.9 Å². The number of amides is 1. The Hall–Kier alpha value is -2.51. The fourth-order valence-electron chi connectivity index (χ4n) is 1.93. The number of anilines is 1. The Bertz CT molecular complexity index is 704. The summed E-state index contributed by atoms with van der Waals surface area (Å²) in [4.78, 5) is 12.2. The van der Waals surface area contributed by atoms with Crippen molar-refractivity contribution in [3.05, 3.63) is 64.2 Å². The second kappa shape index (κ2) is 6.29. The highest BCUT2D eigenvalue weighted by atomic mass is 35.5. The zero-order chi connectivity index (χ0) is 15.4. The summed E-state index contributed by atoms with van der Waals surface area (Å²) in [5.74, 6) is -0.285. The van der Waals surface area contributed by atoms with E-state index in [9.17, 15) is 4.79 Å². The number of nitrogens with one attached hydrogen (secondary N) is 1. The van der Waals surface area contributed by atoms with Crippen molar-refractivity contribution in [3.8, 4) is 6.07 Å². The quantitative estimate of drug-likeness (QED) is 0.854. The molecule has 0 saturated carbocycles. The van der Waals surface area contributed by atoms with Gasteiger partial charge in [0.25, 0.3) is 5.91 Å². The molecule has 4 nitrogen and oxygen atoms in total. The second-order valence-corrected chi connectivity index (χ2v) is 5.10. The maximum atomic E-state index is 12.2. The molecule has 0 aliphatic rings.